The van der Waals surface area contributed by atoms with Gasteiger partial charge in [0.05, 0.1) is 11.5 Å². The molecule has 1 atom stereocenters. The molecule has 74 valence electrons. The van der Waals surface area contributed by atoms with Crippen LogP contribution in [0.15, 0.2) is 15.2 Å². The van der Waals surface area contributed by atoms with Crippen molar-refractivity contribution < 1.29 is 4.79 Å². The van der Waals surface area contributed by atoms with Crippen LogP contribution in [0.2, 0.25) is 0 Å². The number of amides is 1. The van der Waals surface area contributed by atoms with E-state index < -0.39 is 0 Å². The van der Waals surface area contributed by atoms with Crippen molar-refractivity contribution >= 4 is 33.2 Å². The molecule has 1 aliphatic heterocycles. The van der Waals surface area contributed by atoms with Crippen LogP contribution in [-0.2, 0) is 4.79 Å². The van der Waals surface area contributed by atoms with Gasteiger partial charge >= 0.3 is 0 Å². The predicted octanol–water partition coefficient (Wildman–Crippen LogP) is 2.85. The molecule has 1 aliphatic carbocycles. The fraction of sp³-hybridized carbons (Fsp3) is 0.500. The summed E-state index contributed by atoms with van der Waals surface area (Å²) in [5, 5.41) is 7.23. The molecule has 0 aromatic carbocycles. The Morgan fingerprint density at radius 1 is 1.50 bits per heavy atom. The molecule has 3 rings (SSSR count). The Morgan fingerprint density at radius 2 is 2.29 bits per heavy atom. The topological polar surface area (TPSA) is 29.1 Å². The molecule has 4 heteroatoms. The number of hydrogen-bond donors (Lipinski definition) is 1. The number of thiophene rings is 1. The van der Waals surface area contributed by atoms with Gasteiger partial charge < -0.3 is 5.32 Å². The van der Waals surface area contributed by atoms with E-state index in [-0.39, 0.29) is 17.4 Å². The van der Waals surface area contributed by atoms with Gasteiger partial charge in [-0.3, -0.25) is 4.79 Å². The largest absolute Gasteiger partial charge is 0.348 e. The first kappa shape index (κ1) is 8.92. The fourth-order valence-electron chi connectivity index (χ4n) is 2.41. The smallest absolute Gasteiger partial charge is 0.229 e. The quantitative estimate of drug-likeness (QED) is 0.782. The average molecular weight is 272 g/mol. The monoisotopic (exact) mass is 271 g/mol. The molecule has 1 saturated heterocycles. The van der Waals surface area contributed by atoms with Crippen LogP contribution in [0.3, 0.4) is 0 Å². The Labute approximate surface area is 94.8 Å². The maximum atomic E-state index is 11.5. The van der Waals surface area contributed by atoms with Gasteiger partial charge in [0.15, 0.2) is 0 Å². The highest BCUT2D eigenvalue weighted by molar-refractivity contribution is 9.10. The molecule has 2 aliphatic rings. The number of β-lactam (4-membered cyclic amide) rings is 1. The SMILES string of the molecule is O=C1NC(c2cscc2Br)C12CCC2. The minimum absolute atomic E-state index is 0.0381. The summed E-state index contributed by atoms with van der Waals surface area (Å²) in [7, 11) is 0. The van der Waals surface area contributed by atoms with E-state index in [0.717, 1.165) is 17.3 Å². The third-order valence-electron chi connectivity index (χ3n) is 3.48. The van der Waals surface area contributed by atoms with Crippen molar-refractivity contribution in [2.75, 3.05) is 0 Å². The number of halogens is 1. The highest BCUT2D eigenvalue weighted by atomic mass is 79.9. The van der Waals surface area contributed by atoms with E-state index in [4.69, 9.17) is 0 Å². The lowest BCUT2D eigenvalue weighted by atomic mass is 9.57. The Bertz CT molecular complexity index is 397. The van der Waals surface area contributed by atoms with Gasteiger partial charge in [0, 0.05) is 15.4 Å². The lowest BCUT2D eigenvalue weighted by molar-refractivity contribution is -0.155. The Morgan fingerprint density at radius 3 is 2.71 bits per heavy atom. The van der Waals surface area contributed by atoms with Crippen molar-refractivity contribution in [2.45, 2.75) is 25.3 Å². The zero-order valence-corrected chi connectivity index (χ0v) is 9.95. The first-order valence-electron chi connectivity index (χ1n) is 4.76. The molecular formula is C10H10BrNOS. The summed E-state index contributed by atoms with van der Waals surface area (Å²) >= 11 is 5.21. The van der Waals surface area contributed by atoms with Gasteiger partial charge in [-0.2, -0.15) is 11.3 Å². The molecular weight excluding hydrogens is 262 g/mol. The van der Waals surface area contributed by atoms with E-state index >= 15 is 0 Å². The summed E-state index contributed by atoms with van der Waals surface area (Å²) in [6.45, 7) is 0. The normalized spacial score (nSPS) is 28.1. The number of carbonyl (C=O) groups excluding carboxylic acids is 1. The summed E-state index contributed by atoms with van der Waals surface area (Å²) in [6.07, 6.45) is 3.32. The van der Waals surface area contributed by atoms with Crippen LogP contribution >= 0.6 is 27.3 Å². The van der Waals surface area contributed by atoms with E-state index in [1.165, 1.54) is 12.0 Å². The van der Waals surface area contributed by atoms with E-state index in [1.807, 2.05) is 0 Å². The molecule has 1 N–H and O–H groups in total. The number of rotatable bonds is 1. The molecule has 1 aromatic heterocycles. The summed E-state index contributed by atoms with van der Waals surface area (Å²) in [4.78, 5) is 11.5. The zero-order valence-electron chi connectivity index (χ0n) is 7.55. The van der Waals surface area contributed by atoms with Gasteiger partial charge in [-0.1, -0.05) is 6.42 Å². The molecule has 2 fully saturated rings. The number of hydrogen-bond acceptors (Lipinski definition) is 2. The van der Waals surface area contributed by atoms with Crippen LogP contribution in [0.4, 0.5) is 0 Å². The van der Waals surface area contributed by atoms with E-state index in [9.17, 15) is 4.79 Å². The van der Waals surface area contributed by atoms with Crippen molar-refractivity contribution in [2.24, 2.45) is 5.41 Å². The Hall–Kier alpha value is -0.350. The fourth-order valence-corrected chi connectivity index (χ4v) is 3.96. The van der Waals surface area contributed by atoms with Crippen LogP contribution in [0.1, 0.15) is 30.9 Å². The van der Waals surface area contributed by atoms with Crippen molar-refractivity contribution in [1.29, 1.82) is 0 Å². The van der Waals surface area contributed by atoms with Gasteiger partial charge in [0.1, 0.15) is 0 Å². The second-order valence-electron chi connectivity index (χ2n) is 4.09. The maximum absolute atomic E-state index is 11.5. The van der Waals surface area contributed by atoms with Crippen molar-refractivity contribution in [3.05, 3.63) is 20.8 Å². The Kier molecular flexibility index (Phi) is 1.80. The van der Waals surface area contributed by atoms with Gasteiger partial charge in [-0.05, 0) is 34.2 Å². The van der Waals surface area contributed by atoms with Crippen LogP contribution in [0.5, 0.6) is 0 Å². The minimum Gasteiger partial charge on any atom is -0.348 e. The highest BCUT2D eigenvalue weighted by Crippen LogP contribution is 2.57. The molecule has 0 radical (unpaired) electrons. The summed E-state index contributed by atoms with van der Waals surface area (Å²) in [6, 6.07) is 0.268. The maximum Gasteiger partial charge on any atom is 0.229 e. The van der Waals surface area contributed by atoms with Crippen LogP contribution in [0, 0.1) is 5.41 Å². The number of nitrogens with one attached hydrogen (secondary N) is 1. The van der Waals surface area contributed by atoms with Gasteiger partial charge in [-0.25, -0.2) is 0 Å². The zero-order chi connectivity index (χ0) is 9.76. The average Bonchev–Trinajstić information content (AvgIpc) is 2.44. The van der Waals surface area contributed by atoms with Crippen molar-refractivity contribution in [1.82, 2.24) is 5.32 Å². The molecule has 14 heavy (non-hydrogen) atoms. The molecule has 1 unspecified atom stereocenters. The minimum atomic E-state index is -0.0381. The van der Waals surface area contributed by atoms with E-state index in [1.54, 1.807) is 11.3 Å². The van der Waals surface area contributed by atoms with Crippen molar-refractivity contribution in [3.8, 4) is 0 Å². The molecule has 1 saturated carbocycles. The van der Waals surface area contributed by atoms with Gasteiger partial charge in [0.2, 0.25) is 5.91 Å². The highest BCUT2D eigenvalue weighted by Gasteiger charge is 2.59. The van der Waals surface area contributed by atoms with Gasteiger partial charge in [0.25, 0.3) is 0 Å². The molecule has 2 heterocycles. The van der Waals surface area contributed by atoms with E-state index in [0.29, 0.717) is 0 Å². The first-order valence-corrected chi connectivity index (χ1v) is 6.50. The standard InChI is InChI=1S/C10H10BrNOS/c11-7-5-14-4-6(7)8-10(2-1-3-10)9(13)12-8/h4-5,8H,1-3H2,(H,12,13). The first-order chi connectivity index (χ1) is 6.74. The Balaban J connectivity index is 1.95. The molecule has 1 spiro atoms. The second-order valence-corrected chi connectivity index (χ2v) is 5.69. The lowest BCUT2D eigenvalue weighted by Crippen LogP contribution is -2.64. The second kappa shape index (κ2) is 2.83. The lowest BCUT2D eigenvalue weighted by Gasteiger charge is -2.54. The van der Waals surface area contributed by atoms with Crippen LogP contribution in [0.25, 0.3) is 0 Å². The van der Waals surface area contributed by atoms with Crippen molar-refractivity contribution in [3.63, 3.8) is 0 Å². The predicted molar refractivity (Wildman–Crippen MR) is 59.2 cm³/mol. The molecule has 1 aromatic rings. The summed E-state index contributed by atoms with van der Waals surface area (Å²) in [5.74, 6) is 0.256. The summed E-state index contributed by atoms with van der Waals surface area (Å²) in [5.41, 5.74) is 1.22. The molecule has 1 amide bonds. The van der Waals surface area contributed by atoms with E-state index in [2.05, 4.69) is 32.0 Å². The molecule has 0 bridgehead atoms. The van der Waals surface area contributed by atoms with Crippen LogP contribution in [-0.4, -0.2) is 5.91 Å². The van der Waals surface area contributed by atoms with Crippen LogP contribution < -0.4 is 5.32 Å². The third-order valence-corrected chi connectivity index (χ3v) is 5.23. The third kappa shape index (κ3) is 0.932. The summed E-state index contributed by atoms with van der Waals surface area (Å²) < 4.78 is 1.14. The van der Waals surface area contributed by atoms with Gasteiger partial charge in [-0.15, -0.1) is 0 Å². The molecule has 2 nitrogen and oxygen atoms in total. The number of carbonyl (C=O) groups is 1.